The van der Waals surface area contributed by atoms with Crippen LogP contribution in [-0.2, 0) is 6.54 Å². The van der Waals surface area contributed by atoms with Crippen molar-refractivity contribution in [3.05, 3.63) is 39.5 Å². The lowest BCUT2D eigenvalue weighted by molar-refractivity contribution is 0.452. The SMILES string of the molecule is Cc1nc(C2CCNCC2)cc(N(Cc2sccc2C)C2CC2)n1. The Balaban J connectivity index is 1.62. The van der Waals surface area contributed by atoms with Crippen LogP contribution in [0.1, 0.15) is 53.6 Å². The molecule has 2 fully saturated rings. The number of hydrogen-bond donors (Lipinski definition) is 1. The van der Waals surface area contributed by atoms with E-state index >= 15 is 0 Å². The molecule has 1 N–H and O–H groups in total. The number of rotatable bonds is 5. The van der Waals surface area contributed by atoms with Crippen LogP contribution in [0.4, 0.5) is 5.82 Å². The van der Waals surface area contributed by atoms with Crippen LogP contribution in [0, 0.1) is 13.8 Å². The molecule has 2 aliphatic rings. The maximum atomic E-state index is 4.80. The largest absolute Gasteiger partial charge is 0.348 e. The Hall–Kier alpha value is -1.46. The number of hydrogen-bond acceptors (Lipinski definition) is 5. The highest BCUT2D eigenvalue weighted by Gasteiger charge is 2.31. The van der Waals surface area contributed by atoms with E-state index in [0.29, 0.717) is 12.0 Å². The van der Waals surface area contributed by atoms with Gasteiger partial charge in [-0.3, -0.25) is 0 Å². The van der Waals surface area contributed by atoms with E-state index in [2.05, 4.69) is 34.7 Å². The Morgan fingerprint density at radius 1 is 1.17 bits per heavy atom. The highest BCUT2D eigenvalue weighted by molar-refractivity contribution is 7.10. The number of nitrogens with zero attached hydrogens (tertiary/aromatic N) is 3. The summed E-state index contributed by atoms with van der Waals surface area (Å²) >= 11 is 1.86. The molecule has 0 spiro atoms. The van der Waals surface area contributed by atoms with Gasteiger partial charge in [-0.05, 0) is 69.6 Å². The molecular weight excluding hydrogens is 316 g/mol. The lowest BCUT2D eigenvalue weighted by atomic mass is 9.94. The van der Waals surface area contributed by atoms with Crippen LogP contribution in [0.5, 0.6) is 0 Å². The molecule has 0 aromatic carbocycles. The van der Waals surface area contributed by atoms with Crippen molar-refractivity contribution < 1.29 is 0 Å². The van der Waals surface area contributed by atoms with E-state index < -0.39 is 0 Å². The predicted octanol–water partition coefficient (Wildman–Crippen LogP) is 3.79. The van der Waals surface area contributed by atoms with Gasteiger partial charge in [-0.15, -0.1) is 11.3 Å². The quantitative estimate of drug-likeness (QED) is 0.897. The Morgan fingerprint density at radius 3 is 2.62 bits per heavy atom. The minimum Gasteiger partial charge on any atom is -0.348 e. The average Bonchev–Trinajstić information content (AvgIpc) is 3.35. The average molecular weight is 343 g/mol. The number of aryl methyl sites for hydroxylation is 2. The van der Waals surface area contributed by atoms with Crippen LogP contribution in [0.25, 0.3) is 0 Å². The summed E-state index contributed by atoms with van der Waals surface area (Å²) in [7, 11) is 0. The monoisotopic (exact) mass is 342 g/mol. The van der Waals surface area contributed by atoms with Crippen molar-refractivity contribution in [1.82, 2.24) is 15.3 Å². The summed E-state index contributed by atoms with van der Waals surface area (Å²) in [4.78, 5) is 13.5. The van der Waals surface area contributed by atoms with Crippen LogP contribution in [-0.4, -0.2) is 29.1 Å². The van der Waals surface area contributed by atoms with E-state index in [-0.39, 0.29) is 0 Å². The zero-order valence-electron chi connectivity index (χ0n) is 14.6. The van der Waals surface area contributed by atoms with Crippen LogP contribution >= 0.6 is 11.3 Å². The summed E-state index contributed by atoms with van der Waals surface area (Å²) in [6.07, 6.45) is 4.94. The van der Waals surface area contributed by atoms with Gasteiger partial charge in [0.25, 0.3) is 0 Å². The van der Waals surface area contributed by atoms with Crippen molar-refractivity contribution in [3.8, 4) is 0 Å². The van der Waals surface area contributed by atoms with E-state index in [9.17, 15) is 0 Å². The van der Waals surface area contributed by atoms with Gasteiger partial charge in [0, 0.05) is 28.6 Å². The molecule has 128 valence electrons. The molecule has 1 saturated heterocycles. The van der Waals surface area contributed by atoms with Crippen molar-refractivity contribution in [2.24, 2.45) is 0 Å². The van der Waals surface area contributed by atoms with E-state index in [1.165, 1.54) is 41.8 Å². The van der Waals surface area contributed by atoms with Crippen LogP contribution in [0.2, 0.25) is 0 Å². The van der Waals surface area contributed by atoms with Gasteiger partial charge in [0.1, 0.15) is 11.6 Å². The zero-order chi connectivity index (χ0) is 16.5. The fourth-order valence-corrected chi connectivity index (χ4v) is 4.46. The maximum Gasteiger partial charge on any atom is 0.133 e. The van der Waals surface area contributed by atoms with Crippen LogP contribution in [0.3, 0.4) is 0 Å². The molecule has 5 heteroatoms. The second-order valence-electron chi connectivity index (χ2n) is 7.11. The third kappa shape index (κ3) is 3.47. The van der Waals surface area contributed by atoms with Gasteiger partial charge in [-0.25, -0.2) is 9.97 Å². The van der Waals surface area contributed by atoms with E-state index in [4.69, 9.17) is 9.97 Å². The molecule has 0 unspecified atom stereocenters. The standard InChI is InChI=1S/C19H26N4S/c1-13-7-10-24-18(13)12-23(16-3-4-16)19-11-17(21-14(2)22-19)15-5-8-20-9-6-15/h7,10-11,15-16,20H,3-6,8-9,12H2,1-2H3. The van der Waals surface area contributed by atoms with Gasteiger partial charge >= 0.3 is 0 Å². The minimum absolute atomic E-state index is 0.580. The highest BCUT2D eigenvalue weighted by atomic mass is 32.1. The number of anilines is 1. The second kappa shape index (κ2) is 6.81. The van der Waals surface area contributed by atoms with Crippen molar-refractivity contribution in [1.29, 1.82) is 0 Å². The van der Waals surface area contributed by atoms with Gasteiger partial charge in [0.05, 0.1) is 6.54 Å². The Bertz CT molecular complexity index is 701. The van der Waals surface area contributed by atoms with Crippen molar-refractivity contribution in [3.63, 3.8) is 0 Å². The molecule has 3 heterocycles. The molecule has 24 heavy (non-hydrogen) atoms. The normalized spacial score (nSPS) is 18.8. The van der Waals surface area contributed by atoms with Gasteiger partial charge in [-0.1, -0.05) is 0 Å². The summed E-state index contributed by atoms with van der Waals surface area (Å²) in [6, 6.07) is 5.14. The van der Waals surface area contributed by atoms with Crippen molar-refractivity contribution in [2.45, 2.75) is 58.0 Å². The Labute approximate surface area is 148 Å². The first-order chi connectivity index (χ1) is 11.7. The predicted molar refractivity (Wildman–Crippen MR) is 99.9 cm³/mol. The molecule has 4 nitrogen and oxygen atoms in total. The summed E-state index contributed by atoms with van der Waals surface area (Å²) in [5, 5.41) is 5.64. The summed E-state index contributed by atoms with van der Waals surface area (Å²) in [5.74, 6) is 2.62. The summed E-state index contributed by atoms with van der Waals surface area (Å²) in [6.45, 7) is 7.43. The van der Waals surface area contributed by atoms with Crippen molar-refractivity contribution >= 4 is 17.2 Å². The van der Waals surface area contributed by atoms with E-state index in [1.807, 2.05) is 18.3 Å². The van der Waals surface area contributed by atoms with Gasteiger partial charge < -0.3 is 10.2 Å². The van der Waals surface area contributed by atoms with Gasteiger partial charge in [0.15, 0.2) is 0 Å². The molecule has 0 atom stereocenters. The number of thiophene rings is 1. The zero-order valence-corrected chi connectivity index (χ0v) is 15.4. The van der Waals surface area contributed by atoms with Crippen LogP contribution in [0.15, 0.2) is 17.5 Å². The van der Waals surface area contributed by atoms with E-state index in [0.717, 1.165) is 31.3 Å². The maximum absolute atomic E-state index is 4.80. The second-order valence-corrected chi connectivity index (χ2v) is 8.11. The number of piperidine rings is 1. The molecule has 1 saturated carbocycles. The molecule has 1 aliphatic carbocycles. The Morgan fingerprint density at radius 2 is 1.96 bits per heavy atom. The van der Waals surface area contributed by atoms with Gasteiger partial charge in [0.2, 0.25) is 0 Å². The highest BCUT2D eigenvalue weighted by Crippen LogP contribution is 2.35. The first kappa shape index (κ1) is 16.0. The third-order valence-corrected chi connectivity index (χ3v) is 6.17. The molecule has 2 aromatic rings. The lowest BCUT2D eigenvalue weighted by Crippen LogP contribution is -2.29. The lowest BCUT2D eigenvalue weighted by Gasteiger charge is -2.27. The smallest absolute Gasteiger partial charge is 0.133 e. The third-order valence-electron chi connectivity index (χ3n) is 5.17. The first-order valence-electron chi connectivity index (χ1n) is 9.06. The van der Waals surface area contributed by atoms with Crippen molar-refractivity contribution in [2.75, 3.05) is 18.0 Å². The number of aromatic nitrogens is 2. The fraction of sp³-hybridized carbons (Fsp3) is 0.579. The molecular formula is C19H26N4S. The van der Waals surface area contributed by atoms with E-state index in [1.54, 1.807) is 0 Å². The molecule has 4 rings (SSSR count). The molecule has 0 radical (unpaired) electrons. The molecule has 0 amide bonds. The Kier molecular flexibility index (Phi) is 4.55. The molecule has 1 aliphatic heterocycles. The first-order valence-corrected chi connectivity index (χ1v) is 9.94. The minimum atomic E-state index is 0.580. The number of nitrogens with one attached hydrogen (secondary N) is 1. The molecule has 0 bridgehead atoms. The fourth-order valence-electron chi connectivity index (χ4n) is 3.55. The van der Waals surface area contributed by atoms with Gasteiger partial charge in [-0.2, -0.15) is 0 Å². The topological polar surface area (TPSA) is 41.1 Å². The summed E-state index contributed by atoms with van der Waals surface area (Å²) < 4.78 is 0. The summed E-state index contributed by atoms with van der Waals surface area (Å²) in [5.41, 5.74) is 2.64. The van der Waals surface area contributed by atoms with Crippen LogP contribution < -0.4 is 10.2 Å². The molecule has 2 aromatic heterocycles.